The van der Waals surface area contributed by atoms with Crippen molar-refractivity contribution in [3.8, 4) is 5.75 Å². The Kier molecular flexibility index (Phi) is 5.09. The normalized spacial score (nSPS) is 11.9. The van der Waals surface area contributed by atoms with Crippen molar-refractivity contribution in [3.63, 3.8) is 0 Å². The van der Waals surface area contributed by atoms with E-state index in [0.717, 1.165) is 4.31 Å². The summed E-state index contributed by atoms with van der Waals surface area (Å²) in [6.07, 6.45) is 0. The predicted molar refractivity (Wildman–Crippen MR) is 99.7 cm³/mol. The van der Waals surface area contributed by atoms with Crippen molar-refractivity contribution in [2.75, 3.05) is 14.2 Å². The smallest absolute Gasteiger partial charge is 0.337 e. The van der Waals surface area contributed by atoms with Crippen molar-refractivity contribution in [3.05, 3.63) is 52.8 Å². The summed E-state index contributed by atoms with van der Waals surface area (Å²) >= 11 is 6.09. The van der Waals surface area contributed by atoms with E-state index in [1.807, 2.05) is 0 Å². The summed E-state index contributed by atoms with van der Waals surface area (Å²) in [6, 6.07) is 9.00. The highest BCUT2D eigenvalue weighted by molar-refractivity contribution is 7.89. The van der Waals surface area contributed by atoms with Gasteiger partial charge in [-0.1, -0.05) is 17.7 Å². The molecule has 0 aliphatic heterocycles. The van der Waals surface area contributed by atoms with Gasteiger partial charge in [-0.2, -0.15) is 4.31 Å². The van der Waals surface area contributed by atoms with Crippen LogP contribution in [0.3, 0.4) is 0 Å². The summed E-state index contributed by atoms with van der Waals surface area (Å²) < 4.78 is 31.7. The molecule has 0 radical (unpaired) electrons. The van der Waals surface area contributed by atoms with Gasteiger partial charge in [-0.3, -0.25) is 0 Å². The minimum absolute atomic E-state index is 0.0405. The highest BCUT2D eigenvalue weighted by Gasteiger charge is 2.25. The first-order chi connectivity index (χ1) is 12.7. The molecule has 142 valence electrons. The monoisotopic (exact) mass is 409 g/mol. The number of hydrogen-bond donors (Lipinski definition) is 2. The standard InChI is InChI=1S/C17H16ClN3O5S/c1-21(27(24,25)14-7-6-10(26-2)8-12(14)18)9-15-19-13-5-3-4-11(17(22)23)16(13)20-15/h3-8H,9H2,1-2H3,(H,19,20)(H,22,23). The number of methoxy groups -OCH3 is 1. The molecular formula is C17H16ClN3O5S. The molecule has 0 fully saturated rings. The largest absolute Gasteiger partial charge is 0.497 e. The van der Waals surface area contributed by atoms with Gasteiger partial charge in [-0.05, 0) is 24.3 Å². The van der Waals surface area contributed by atoms with Crippen LogP contribution < -0.4 is 4.74 Å². The quantitative estimate of drug-likeness (QED) is 0.647. The molecule has 0 amide bonds. The van der Waals surface area contributed by atoms with E-state index >= 15 is 0 Å². The fraction of sp³-hybridized carbons (Fsp3) is 0.176. The number of H-pyrrole nitrogens is 1. The zero-order valence-electron chi connectivity index (χ0n) is 14.4. The van der Waals surface area contributed by atoms with Crippen LogP contribution in [0.4, 0.5) is 0 Å². The highest BCUT2D eigenvalue weighted by Crippen LogP contribution is 2.28. The van der Waals surface area contributed by atoms with Crippen LogP contribution in [0.25, 0.3) is 11.0 Å². The summed E-state index contributed by atoms with van der Waals surface area (Å²) in [7, 11) is -1.04. The lowest BCUT2D eigenvalue weighted by atomic mass is 10.2. The van der Waals surface area contributed by atoms with E-state index in [1.54, 1.807) is 12.1 Å². The van der Waals surface area contributed by atoms with E-state index in [0.29, 0.717) is 17.1 Å². The van der Waals surface area contributed by atoms with E-state index in [2.05, 4.69) is 9.97 Å². The van der Waals surface area contributed by atoms with Crippen molar-refractivity contribution in [1.29, 1.82) is 0 Å². The van der Waals surface area contributed by atoms with Crippen molar-refractivity contribution in [2.45, 2.75) is 11.4 Å². The lowest BCUT2D eigenvalue weighted by molar-refractivity contribution is 0.0699. The molecule has 3 rings (SSSR count). The number of halogens is 1. The molecular weight excluding hydrogens is 394 g/mol. The molecule has 0 bridgehead atoms. The van der Waals surface area contributed by atoms with Gasteiger partial charge in [0.25, 0.3) is 0 Å². The first kappa shape index (κ1) is 19.2. The molecule has 2 aromatic carbocycles. The lowest BCUT2D eigenvalue weighted by Crippen LogP contribution is -2.27. The van der Waals surface area contributed by atoms with Crippen molar-refractivity contribution in [1.82, 2.24) is 14.3 Å². The van der Waals surface area contributed by atoms with E-state index in [1.165, 1.54) is 38.4 Å². The second-order valence-corrected chi connectivity index (χ2v) is 8.17. The van der Waals surface area contributed by atoms with E-state index < -0.39 is 16.0 Å². The summed E-state index contributed by atoms with van der Waals surface area (Å²) in [5.74, 6) is -0.348. The summed E-state index contributed by atoms with van der Waals surface area (Å²) in [5.41, 5.74) is 0.824. The lowest BCUT2D eigenvalue weighted by Gasteiger charge is -2.17. The number of nitrogens with one attached hydrogen (secondary N) is 1. The number of carbonyl (C=O) groups is 1. The van der Waals surface area contributed by atoms with Gasteiger partial charge in [0.15, 0.2) is 0 Å². The molecule has 1 heterocycles. The number of benzene rings is 2. The molecule has 10 heteroatoms. The molecule has 0 atom stereocenters. The molecule has 0 saturated carbocycles. The minimum Gasteiger partial charge on any atom is -0.497 e. The summed E-state index contributed by atoms with van der Waals surface area (Å²) in [6.45, 7) is -0.0849. The maximum atomic E-state index is 12.8. The first-order valence-electron chi connectivity index (χ1n) is 7.75. The average Bonchev–Trinajstić information content (AvgIpc) is 3.03. The third-order valence-electron chi connectivity index (χ3n) is 3.99. The van der Waals surface area contributed by atoms with Gasteiger partial charge < -0.3 is 14.8 Å². The van der Waals surface area contributed by atoms with E-state index in [4.69, 9.17) is 16.3 Å². The van der Waals surface area contributed by atoms with Crippen LogP contribution in [0.5, 0.6) is 5.75 Å². The number of para-hydroxylation sites is 1. The number of aromatic amines is 1. The first-order valence-corrected chi connectivity index (χ1v) is 9.56. The van der Waals surface area contributed by atoms with Gasteiger partial charge in [0, 0.05) is 13.1 Å². The third-order valence-corrected chi connectivity index (χ3v) is 6.28. The van der Waals surface area contributed by atoms with E-state index in [-0.39, 0.29) is 27.5 Å². The number of ether oxygens (including phenoxy) is 1. The molecule has 0 aliphatic rings. The molecule has 1 aromatic heterocycles. The minimum atomic E-state index is -3.89. The zero-order valence-corrected chi connectivity index (χ0v) is 16.0. The number of carboxylic acids is 1. The van der Waals surface area contributed by atoms with Gasteiger partial charge in [-0.25, -0.2) is 18.2 Å². The van der Waals surface area contributed by atoms with Crippen molar-refractivity contribution >= 4 is 38.6 Å². The van der Waals surface area contributed by atoms with E-state index in [9.17, 15) is 18.3 Å². The number of carboxylic acid groups (broad SMARTS) is 1. The van der Waals surface area contributed by atoms with Gasteiger partial charge in [0.2, 0.25) is 10.0 Å². The molecule has 3 aromatic rings. The number of rotatable bonds is 6. The molecule has 0 unspecified atom stereocenters. The SMILES string of the molecule is COc1ccc(S(=O)(=O)N(C)Cc2nc3c(C(=O)O)cccc3[nH]2)c(Cl)c1. The number of hydrogen-bond acceptors (Lipinski definition) is 5. The Morgan fingerprint density at radius 3 is 2.70 bits per heavy atom. The van der Waals surface area contributed by atoms with Crippen LogP contribution >= 0.6 is 11.6 Å². The second-order valence-electron chi connectivity index (χ2n) is 5.75. The van der Waals surface area contributed by atoms with Crippen molar-refractivity contribution < 1.29 is 23.1 Å². The Labute approximate surface area is 160 Å². The number of aromatic carboxylic acids is 1. The topological polar surface area (TPSA) is 113 Å². The van der Waals surface area contributed by atoms with Gasteiger partial charge in [-0.15, -0.1) is 0 Å². The van der Waals surface area contributed by atoms with Gasteiger partial charge in [0.1, 0.15) is 22.0 Å². The molecule has 0 spiro atoms. The van der Waals surface area contributed by atoms with Crippen LogP contribution in [0, 0.1) is 0 Å². The molecule has 2 N–H and O–H groups in total. The fourth-order valence-corrected chi connectivity index (χ4v) is 4.25. The van der Waals surface area contributed by atoms with Crippen molar-refractivity contribution in [2.24, 2.45) is 0 Å². The Bertz CT molecular complexity index is 1130. The summed E-state index contributed by atoms with van der Waals surface area (Å²) in [4.78, 5) is 18.4. The highest BCUT2D eigenvalue weighted by atomic mass is 35.5. The van der Waals surface area contributed by atoms with Crippen LogP contribution in [0.1, 0.15) is 16.2 Å². The number of aromatic nitrogens is 2. The molecule has 8 nitrogen and oxygen atoms in total. The number of imidazole rings is 1. The average molecular weight is 410 g/mol. The zero-order chi connectivity index (χ0) is 19.8. The Hall–Kier alpha value is -2.62. The van der Waals surface area contributed by atoms with Gasteiger partial charge >= 0.3 is 5.97 Å². The Balaban J connectivity index is 1.92. The Morgan fingerprint density at radius 2 is 2.07 bits per heavy atom. The molecule has 0 saturated heterocycles. The predicted octanol–water partition coefficient (Wildman–Crippen LogP) is 2.74. The maximum Gasteiger partial charge on any atom is 0.337 e. The fourth-order valence-electron chi connectivity index (χ4n) is 2.61. The second kappa shape index (κ2) is 7.18. The van der Waals surface area contributed by atoms with Crippen LogP contribution in [-0.4, -0.2) is 47.9 Å². The number of nitrogens with zero attached hydrogens (tertiary/aromatic N) is 2. The Morgan fingerprint density at radius 1 is 1.33 bits per heavy atom. The number of fused-ring (bicyclic) bond motifs is 1. The summed E-state index contributed by atoms with van der Waals surface area (Å²) in [5, 5.41) is 9.28. The maximum absolute atomic E-state index is 12.8. The molecule has 27 heavy (non-hydrogen) atoms. The van der Waals surface area contributed by atoms with Crippen LogP contribution in [0.15, 0.2) is 41.3 Å². The number of sulfonamides is 1. The van der Waals surface area contributed by atoms with Crippen LogP contribution in [0.2, 0.25) is 5.02 Å². The molecule has 0 aliphatic carbocycles. The van der Waals surface area contributed by atoms with Crippen LogP contribution in [-0.2, 0) is 16.6 Å². The van der Waals surface area contributed by atoms with Gasteiger partial charge in [0.05, 0.1) is 29.8 Å². The third kappa shape index (κ3) is 3.61.